The van der Waals surface area contributed by atoms with E-state index in [9.17, 15) is 4.79 Å². The van der Waals surface area contributed by atoms with Crippen LogP contribution < -0.4 is 10.4 Å². The van der Waals surface area contributed by atoms with Gasteiger partial charge in [-0.25, -0.2) is 0 Å². The second kappa shape index (κ2) is 4.59. The van der Waals surface area contributed by atoms with E-state index >= 15 is 0 Å². The second-order valence-electron chi connectivity index (χ2n) is 5.28. The SMILES string of the molecule is O=C1C=c2cc3ccc4cc(Cl)ccc4c3cc2=C(Cl)C1. The molecule has 0 fully saturated rings. The van der Waals surface area contributed by atoms with Crippen LogP contribution in [-0.2, 0) is 4.79 Å². The molecule has 0 bridgehead atoms. The third kappa shape index (κ3) is 2.05. The number of fused-ring (bicyclic) bond motifs is 4. The fourth-order valence-corrected chi connectivity index (χ4v) is 3.40. The molecule has 0 aliphatic heterocycles. The van der Waals surface area contributed by atoms with Gasteiger partial charge in [-0.3, -0.25) is 4.79 Å². The second-order valence-corrected chi connectivity index (χ2v) is 6.18. The molecular formula is C18H10Cl2O. The van der Waals surface area contributed by atoms with Gasteiger partial charge in [0.25, 0.3) is 0 Å². The van der Waals surface area contributed by atoms with Gasteiger partial charge in [-0.1, -0.05) is 41.4 Å². The maximum Gasteiger partial charge on any atom is 0.161 e. The molecule has 4 rings (SSSR count). The molecular weight excluding hydrogens is 303 g/mol. The quantitative estimate of drug-likeness (QED) is 0.578. The molecule has 0 unspecified atom stereocenters. The first-order chi connectivity index (χ1) is 10.1. The topological polar surface area (TPSA) is 17.1 Å². The van der Waals surface area contributed by atoms with Gasteiger partial charge in [0, 0.05) is 16.5 Å². The van der Waals surface area contributed by atoms with Crippen LogP contribution >= 0.6 is 23.2 Å². The zero-order valence-corrected chi connectivity index (χ0v) is 12.5. The summed E-state index contributed by atoms with van der Waals surface area (Å²) in [5.74, 6) is 0.0550. The van der Waals surface area contributed by atoms with Crippen molar-refractivity contribution >= 4 is 61.6 Å². The Morgan fingerprint density at radius 1 is 0.857 bits per heavy atom. The van der Waals surface area contributed by atoms with Gasteiger partial charge >= 0.3 is 0 Å². The lowest BCUT2D eigenvalue weighted by atomic mass is 9.98. The first-order valence-electron chi connectivity index (χ1n) is 6.67. The van der Waals surface area contributed by atoms with Crippen LogP contribution in [0.4, 0.5) is 0 Å². The van der Waals surface area contributed by atoms with Gasteiger partial charge in [-0.2, -0.15) is 0 Å². The Labute approximate surface area is 131 Å². The number of rotatable bonds is 0. The van der Waals surface area contributed by atoms with Crippen LogP contribution in [0.25, 0.3) is 32.7 Å². The number of benzene rings is 3. The number of Topliss-reactive ketones (excluding diaryl/α,β-unsaturated/α-hetero) is 1. The molecule has 3 heteroatoms. The third-order valence-electron chi connectivity index (χ3n) is 3.91. The molecule has 0 N–H and O–H groups in total. The van der Waals surface area contributed by atoms with Crippen molar-refractivity contribution in [2.45, 2.75) is 6.42 Å². The molecule has 1 aliphatic carbocycles. The predicted octanol–water partition coefficient (Wildman–Crippen LogP) is 3.75. The van der Waals surface area contributed by atoms with E-state index < -0.39 is 0 Å². The van der Waals surface area contributed by atoms with Crippen molar-refractivity contribution in [3.05, 3.63) is 57.9 Å². The highest BCUT2D eigenvalue weighted by atomic mass is 35.5. The minimum absolute atomic E-state index is 0.0550. The lowest BCUT2D eigenvalue weighted by Gasteiger charge is -2.08. The lowest BCUT2D eigenvalue weighted by molar-refractivity contribution is -0.112. The predicted molar refractivity (Wildman–Crippen MR) is 89.1 cm³/mol. The molecule has 102 valence electrons. The Bertz CT molecular complexity index is 1050. The minimum atomic E-state index is 0.0550. The van der Waals surface area contributed by atoms with Crippen molar-refractivity contribution in [2.24, 2.45) is 0 Å². The van der Waals surface area contributed by atoms with Crippen LogP contribution in [0.3, 0.4) is 0 Å². The Hall–Kier alpha value is -1.83. The highest BCUT2D eigenvalue weighted by Gasteiger charge is 2.10. The van der Waals surface area contributed by atoms with Crippen molar-refractivity contribution < 1.29 is 4.79 Å². The molecule has 1 aliphatic rings. The average molecular weight is 313 g/mol. The Morgan fingerprint density at radius 3 is 2.43 bits per heavy atom. The zero-order valence-electron chi connectivity index (χ0n) is 11.0. The smallest absolute Gasteiger partial charge is 0.161 e. The monoisotopic (exact) mass is 312 g/mol. The summed E-state index contributed by atoms with van der Waals surface area (Å²) >= 11 is 12.3. The van der Waals surface area contributed by atoms with E-state index in [2.05, 4.69) is 12.1 Å². The van der Waals surface area contributed by atoms with Gasteiger partial charge < -0.3 is 0 Å². The van der Waals surface area contributed by atoms with Crippen LogP contribution in [0, 0.1) is 0 Å². The highest BCUT2D eigenvalue weighted by Crippen LogP contribution is 2.26. The van der Waals surface area contributed by atoms with Crippen molar-refractivity contribution in [1.29, 1.82) is 0 Å². The van der Waals surface area contributed by atoms with E-state index in [1.165, 1.54) is 0 Å². The molecule has 0 aromatic heterocycles. The number of hydrogen-bond donors (Lipinski definition) is 0. The molecule has 3 aromatic carbocycles. The molecule has 0 heterocycles. The maximum atomic E-state index is 11.6. The normalized spacial score (nSPS) is 14.4. The first-order valence-corrected chi connectivity index (χ1v) is 7.43. The van der Waals surface area contributed by atoms with Crippen LogP contribution in [0.5, 0.6) is 0 Å². The van der Waals surface area contributed by atoms with Crippen LogP contribution in [0.15, 0.2) is 42.5 Å². The first kappa shape index (κ1) is 12.9. The minimum Gasteiger partial charge on any atom is -0.294 e. The third-order valence-corrected chi connectivity index (χ3v) is 4.48. The van der Waals surface area contributed by atoms with E-state index in [4.69, 9.17) is 23.2 Å². The molecule has 21 heavy (non-hydrogen) atoms. The number of carbonyl (C=O) groups is 1. The van der Waals surface area contributed by atoms with Crippen molar-refractivity contribution in [1.82, 2.24) is 0 Å². The van der Waals surface area contributed by atoms with E-state index in [1.54, 1.807) is 6.08 Å². The van der Waals surface area contributed by atoms with Crippen LogP contribution in [0.2, 0.25) is 5.02 Å². The summed E-state index contributed by atoms with van der Waals surface area (Å²) in [7, 11) is 0. The Kier molecular flexibility index (Phi) is 2.81. The summed E-state index contributed by atoms with van der Waals surface area (Å²) in [5, 5.41) is 7.66. The van der Waals surface area contributed by atoms with Gasteiger partial charge in [0.1, 0.15) is 0 Å². The maximum absolute atomic E-state index is 11.6. The molecule has 1 nitrogen and oxygen atoms in total. The fourth-order valence-electron chi connectivity index (χ4n) is 2.93. The largest absolute Gasteiger partial charge is 0.294 e. The number of ketones is 1. The van der Waals surface area contributed by atoms with Crippen molar-refractivity contribution in [2.75, 3.05) is 0 Å². The average Bonchev–Trinajstić information content (AvgIpc) is 2.45. The van der Waals surface area contributed by atoms with E-state index in [0.29, 0.717) is 5.03 Å². The van der Waals surface area contributed by atoms with Gasteiger partial charge in [-0.05, 0) is 62.3 Å². The lowest BCUT2D eigenvalue weighted by Crippen LogP contribution is -2.30. The van der Waals surface area contributed by atoms with Gasteiger partial charge in [0.15, 0.2) is 5.78 Å². The van der Waals surface area contributed by atoms with Crippen LogP contribution in [-0.4, -0.2) is 5.78 Å². The Morgan fingerprint density at radius 2 is 1.62 bits per heavy atom. The molecule has 0 atom stereocenters. The molecule has 0 saturated carbocycles. The molecule has 3 aromatic rings. The summed E-state index contributed by atoms with van der Waals surface area (Å²) in [5.41, 5.74) is 0. The number of hydrogen-bond acceptors (Lipinski definition) is 1. The molecule has 0 amide bonds. The van der Waals surface area contributed by atoms with Crippen molar-refractivity contribution in [3.8, 4) is 0 Å². The van der Waals surface area contributed by atoms with E-state index in [0.717, 1.165) is 37.0 Å². The van der Waals surface area contributed by atoms with E-state index in [-0.39, 0.29) is 12.2 Å². The van der Waals surface area contributed by atoms with Gasteiger partial charge in [0.2, 0.25) is 0 Å². The number of carbonyl (C=O) groups excluding carboxylic acids is 1. The molecule has 0 radical (unpaired) electrons. The van der Waals surface area contributed by atoms with E-state index in [1.807, 2.05) is 30.3 Å². The summed E-state index contributed by atoms with van der Waals surface area (Å²) in [6.45, 7) is 0. The number of halogens is 2. The van der Waals surface area contributed by atoms with Gasteiger partial charge in [0.05, 0.1) is 0 Å². The van der Waals surface area contributed by atoms with Crippen molar-refractivity contribution in [3.63, 3.8) is 0 Å². The molecule has 0 saturated heterocycles. The summed E-state index contributed by atoms with van der Waals surface area (Å²) in [4.78, 5) is 11.6. The van der Waals surface area contributed by atoms with Crippen LogP contribution in [0.1, 0.15) is 6.42 Å². The summed E-state index contributed by atoms with van der Waals surface area (Å²) < 4.78 is 0. The summed E-state index contributed by atoms with van der Waals surface area (Å²) in [6, 6.07) is 14.1. The summed E-state index contributed by atoms with van der Waals surface area (Å²) in [6.07, 6.45) is 1.96. The van der Waals surface area contributed by atoms with Gasteiger partial charge in [-0.15, -0.1) is 0 Å². The highest BCUT2D eigenvalue weighted by molar-refractivity contribution is 6.47. The Balaban J connectivity index is 2.22. The molecule has 0 spiro atoms. The standard InChI is InChI=1S/C18H10Cl2O/c19-13-3-4-15-11(6-13)2-1-10-5-12-7-14(21)8-18(20)17(12)9-16(10)15/h1-7,9H,8H2. The zero-order chi connectivity index (χ0) is 14.6. The fraction of sp³-hybridized carbons (Fsp3) is 0.0556.